The number of aliphatic hydroxyl groups is 1. The second kappa shape index (κ2) is 7.31. The number of para-hydroxylation sites is 1. The molecule has 0 aliphatic heterocycles. The summed E-state index contributed by atoms with van der Waals surface area (Å²) in [6.07, 6.45) is 4.50. The van der Waals surface area contributed by atoms with E-state index in [4.69, 9.17) is 28.3 Å². The number of benzene rings is 2. The Hall–Kier alpha value is -2.27. The summed E-state index contributed by atoms with van der Waals surface area (Å²) < 4.78 is 1.96. The Morgan fingerprint density at radius 1 is 1.16 bits per heavy atom. The summed E-state index contributed by atoms with van der Waals surface area (Å²) >= 11 is 12.2. The summed E-state index contributed by atoms with van der Waals surface area (Å²) in [6.45, 7) is 0.369. The Kier molecular flexibility index (Phi) is 5.13. The lowest BCUT2D eigenvalue weighted by Crippen LogP contribution is -2.00. The maximum atomic E-state index is 10.9. The number of carboxylic acid groups (broad SMARTS) is 1. The van der Waals surface area contributed by atoms with Crippen LogP contribution in [-0.2, 0) is 17.9 Å². The van der Waals surface area contributed by atoms with Crippen molar-refractivity contribution in [3.8, 4) is 0 Å². The molecule has 0 saturated heterocycles. The Morgan fingerprint density at radius 2 is 1.96 bits per heavy atom. The Balaban J connectivity index is 2.15. The molecule has 0 radical (unpaired) electrons. The van der Waals surface area contributed by atoms with E-state index < -0.39 is 5.97 Å². The highest BCUT2D eigenvalue weighted by atomic mass is 35.5. The van der Waals surface area contributed by atoms with Crippen molar-refractivity contribution in [1.29, 1.82) is 0 Å². The molecule has 25 heavy (non-hydrogen) atoms. The molecule has 0 unspecified atom stereocenters. The van der Waals surface area contributed by atoms with E-state index in [0.717, 1.165) is 33.7 Å². The van der Waals surface area contributed by atoms with E-state index in [9.17, 15) is 9.90 Å². The number of fused-ring (bicyclic) bond motifs is 1. The first-order valence-corrected chi connectivity index (χ1v) is 8.31. The summed E-state index contributed by atoms with van der Waals surface area (Å²) in [5, 5.41) is 20.5. The van der Waals surface area contributed by atoms with Crippen molar-refractivity contribution < 1.29 is 15.0 Å². The first kappa shape index (κ1) is 17.5. The Bertz CT molecular complexity index is 976. The number of halogens is 2. The van der Waals surface area contributed by atoms with Crippen molar-refractivity contribution in [2.24, 2.45) is 0 Å². The van der Waals surface area contributed by atoms with Crippen LogP contribution in [0.15, 0.2) is 48.7 Å². The van der Waals surface area contributed by atoms with Gasteiger partial charge in [-0.25, -0.2) is 4.79 Å². The van der Waals surface area contributed by atoms with Gasteiger partial charge in [0.1, 0.15) is 0 Å². The molecule has 4 nitrogen and oxygen atoms in total. The number of nitrogens with zero attached hydrogens (tertiary/aromatic N) is 1. The van der Waals surface area contributed by atoms with Gasteiger partial charge >= 0.3 is 5.97 Å². The molecule has 0 saturated carbocycles. The minimum absolute atomic E-state index is 0.107. The van der Waals surface area contributed by atoms with Gasteiger partial charge in [0, 0.05) is 39.8 Å². The average Bonchev–Trinajstić information content (AvgIpc) is 2.94. The van der Waals surface area contributed by atoms with Gasteiger partial charge in [0.2, 0.25) is 0 Å². The molecule has 3 aromatic rings. The lowest BCUT2D eigenvalue weighted by atomic mass is 10.1. The third-order valence-corrected chi connectivity index (χ3v) is 4.53. The number of hydrogen-bond donors (Lipinski definition) is 2. The van der Waals surface area contributed by atoms with E-state index in [1.165, 1.54) is 0 Å². The lowest BCUT2D eigenvalue weighted by molar-refractivity contribution is -0.131. The molecule has 2 aromatic carbocycles. The van der Waals surface area contributed by atoms with Gasteiger partial charge in [0.15, 0.2) is 0 Å². The molecule has 0 aliphatic carbocycles. The van der Waals surface area contributed by atoms with E-state index in [0.29, 0.717) is 16.6 Å². The van der Waals surface area contributed by atoms with E-state index in [1.54, 1.807) is 18.2 Å². The SMILES string of the molecule is O=C(O)/C=C/c1cccc2c(CO)cn(Cc3ccc(Cl)cc3Cl)c12. The van der Waals surface area contributed by atoms with Gasteiger partial charge in [-0.15, -0.1) is 0 Å². The standard InChI is InChI=1S/C19H15Cl2NO3/c20-15-6-4-13(17(21)8-15)9-22-10-14(11-23)16-3-1-2-12(19(16)22)5-7-18(24)25/h1-8,10,23H,9,11H2,(H,24,25)/b7-5+. The van der Waals surface area contributed by atoms with Gasteiger partial charge in [-0.1, -0.05) is 47.5 Å². The summed E-state index contributed by atoms with van der Waals surface area (Å²) in [7, 11) is 0. The number of carboxylic acids is 1. The summed E-state index contributed by atoms with van der Waals surface area (Å²) in [5.74, 6) is -1.02. The van der Waals surface area contributed by atoms with Gasteiger partial charge in [0.05, 0.1) is 12.1 Å². The highest BCUT2D eigenvalue weighted by Crippen LogP contribution is 2.29. The molecule has 2 N–H and O–H groups in total. The summed E-state index contributed by atoms with van der Waals surface area (Å²) in [5.41, 5.74) is 3.25. The fourth-order valence-electron chi connectivity index (χ4n) is 2.84. The van der Waals surface area contributed by atoms with Crippen molar-refractivity contribution in [3.63, 3.8) is 0 Å². The number of aliphatic carboxylic acids is 1. The lowest BCUT2D eigenvalue weighted by Gasteiger charge is -2.10. The van der Waals surface area contributed by atoms with Crippen molar-refractivity contribution in [2.75, 3.05) is 0 Å². The quantitative estimate of drug-likeness (QED) is 0.641. The molecule has 3 rings (SSSR count). The molecule has 6 heteroatoms. The Morgan fingerprint density at radius 3 is 2.64 bits per heavy atom. The topological polar surface area (TPSA) is 62.5 Å². The summed E-state index contributed by atoms with van der Waals surface area (Å²) in [6, 6.07) is 10.9. The molecule has 1 aromatic heterocycles. The van der Waals surface area contributed by atoms with Crippen LogP contribution in [0.1, 0.15) is 16.7 Å². The molecule has 0 fully saturated rings. The van der Waals surface area contributed by atoms with E-state index in [1.807, 2.05) is 35.0 Å². The average molecular weight is 376 g/mol. The zero-order valence-corrected chi connectivity index (χ0v) is 14.6. The van der Waals surface area contributed by atoms with Crippen LogP contribution in [0.5, 0.6) is 0 Å². The zero-order valence-electron chi connectivity index (χ0n) is 13.1. The number of hydrogen-bond acceptors (Lipinski definition) is 2. The maximum absolute atomic E-state index is 10.9. The van der Waals surface area contributed by atoms with Gasteiger partial charge in [-0.3, -0.25) is 0 Å². The number of carbonyl (C=O) groups is 1. The molecule has 128 valence electrons. The first-order valence-electron chi connectivity index (χ1n) is 7.56. The molecule has 0 bridgehead atoms. The van der Waals surface area contributed by atoms with Gasteiger partial charge in [-0.05, 0) is 29.3 Å². The van der Waals surface area contributed by atoms with Gasteiger partial charge in [0.25, 0.3) is 0 Å². The number of aliphatic hydroxyl groups excluding tert-OH is 1. The largest absolute Gasteiger partial charge is 0.478 e. The number of rotatable bonds is 5. The first-order chi connectivity index (χ1) is 12.0. The van der Waals surface area contributed by atoms with Crippen molar-refractivity contribution >= 4 is 46.2 Å². The third kappa shape index (κ3) is 3.71. The predicted octanol–water partition coefficient (Wildman–Crippen LogP) is 4.59. The normalized spacial score (nSPS) is 11.5. The third-order valence-electron chi connectivity index (χ3n) is 3.94. The fraction of sp³-hybridized carbons (Fsp3) is 0.105. The molecular weight excluding hydrogens is 361 g/mol. The zero-order chi connectivity index (χ0) is 18.0. The molecular formula is C19H15Cl2NO3. The van der Waals surface area contributed by atoms with E-state index in [2.05, 4.69) is 0 Å². The maximum Gasteiger partial charge on any atom is 0.328 e. The van der Waals surface area contributed by atoms with Crippen molar-refractivity contribution in [1.82, 2.24) is 4.57 Å². The highest BCUT2D eigenvalue weighted by molar-refractivity contribution is 6.35. The minimum atomic E-state index is -1.02. The van der Waals surface area contributed by atoms with Crippen LogP contribution >= 0.6 is 23.2 Å². The second-order valence-corrected chi connectivity index (χ2v) is 6.43. The number of aromatic nitrogens is 1. The van der Waals surface area contributed by atoms with E-state index >= 15 is 0 Å². The molecule has 0 atom stereocenters. The van der Waals surface area contributed by atoms with Crippen LogP contribution in [-0.4, -0.2) is 20.7 Å². The van der Waals surface area contributed by atoms with Gasteiger partial charge < -0.3 is 14.8 Å². The van der Waals surface area contributed by atoms with Crippen LogP contribution < -0.4 is 0 Å². The van der Waals surface area contributed by atoms with Crippen LogP contribution in [0.3, 0.4) is 0 Å². The van der Waals surface area contributed by atoms with Crippen molar-refractivity contribution in [3.05, 3.63) is 75.4 Å². The van der Waals surface area contributed by atoms with Crippen LogP contribution in [0, 0.1) is 0 Å². The van der Waals surface area contributed by atoms with Crippen LogP contribution in [0.2, 0.25) is 10.0 Å². The predicted molar refractivity (Wildman–Crippen MR) is 100 cm³/mol. The molecule has 0 amide bonds. The fourth-order valence-corrected chi connectivity index (χ4v) is 3.31. The second-order valence-electron chi connectivity index (χ2n) is 5.59. The highest BCUT2D eigenvalue weighted by Gasteiger charge is 2.12. The molecule has 1 heterocycles. The molecule has 0 aliphatic rings. The van der Waals surface area contributed by atoms with Gasteiger partial charge in [-0.2, -0.15) is 0 Å². The summed E-state index contributed by atoms with van der Waals surface area (Å²) in [4.78, 5) is 10.9. The Labute approximate surface area is 154 Å². The van der Waals surface area contributed by atoms with Crippen LogP contribution in [0.25, 0.3) is 17.0 Å². The van der Waals surface area contributed by atoms with Crippen molar-refractivity contribution in [2.45, 2.75) is 13.2 Å². The molecule has 0 spiro atoms. The smallest absolute Gasteiger partial charge is 0.328 e. The van der Waals surface area contributed by atoms with E-state index in [-0.39, 0.29) is 6.61 Å². The monoisotopic (exact) mass is 375 g/mol. The minimum Gasteiger partial charge on any atom is -0.478 e. The van der Waals surface area contributed by atoms with Crippen LogP contribution in [0.4, 0.5) is 0 Å².